The highest BCUT2D eigenvalue weighted by Crippen LogP contribution is 2.40. The molecule has 3 atom stereocenters. The smallest absolute Gasteiger partial charge is 0.311 e. The molecule has 0 unspecified atom stereocenters. The lowest BCUT2D eigenvalue weighted by Gasteiger charge is -2.43. The molecule has 0 N–H and O–H groups in total. The zero-order chi connectivity index (χ0) is 26.6. The molecule has 0 amide bonds. The molecule has 0 radical (unpaired) electrons. The molecule has 0 aromatic rings. The van der Waals surface area contributed by atoms with Crippen molar-refractivity contribution in [1.82, 2.24) is 0 Å². The largest absolute Gasteiger partial charge is 0.461 e. The first-order valence-corrected chi connectivity index (χ1v) is 18.4. The molecule has 6 heteroatoms. The van der Waals surface area contributed by atoms with Gasteiger partial charge in [0.1, 0.15) is 6.61 Å². The molecule has 0 aromatic carbocycles. The number of hydrogen-bond acceptors (Lipinski definition) is 4. The van der Waals surface area contributed by atoms with Crippen LogP contribution < -0.4 is 0 Å². The van der Waals surface area contributed by atoms with E-state index in [1.165, 1.54) is 0 Å². The normalized spacial score (nSPS) is 17.5. The van der Waals surface area contributed by atoms with Gasteiger partial charge in [-0.15, -0.1) is 0 Å². The Morgan fingerprint density at radius 2 is 1.30 bits per heavy atom. The van der Waals surface area contributed by atoms with Crippen LogP contribution in [0.3, 0.4) is 0 Å². The summed E-state index contributed by atoms with van der Waals surface area (Å²) in [6.07, 6.45) is 2.26. The van der Waals surface area contributed by atoms with Gasteiger partial charge < -0.3 is 13.6 Å². The van der Waals surface area contributed by atoms with E-state index in [-0.39, 0.29) is 34.0 Å². The van der Waals surface area contributed by atoms with E-state index in [0.29, 0.717) is 13.2 Å². The van der Waals surface area contributed by atoms with E-state index >= 15 is 0 Å². The molecule has 196 valence electrons. The molecule has 0 spiro atoms. The third kappa shape index (κ3) is 10.4. The van der Waals surface area contributed by atoms with Crippen molar-refractivity contribution < 1.29 is 18.4 Å². The van der Waals surface area contributed by atoms with Gasteiger partial charge in [-0.1, -0.05) is 61.5 Å². The number of esters is 1. The molecule has 0 aliphatic heterocycles. The second kappa shape index (κ2) is 11.5. The Balaban J connectivity index is 5.67. The summed E-state index contributed by atoms with van der Waals surface area (Å²) in [7, 11) is -3.81. The molecule has 0 fully saturated rings. The first kappa shape index (κ1) is 32.6. The average Bonchev–Trinajstić information content (AvgIpc) is 2.59. The third-order valence-corrected chi connectivity index (χ3v) is 16.4. The van der Waals surface area contributed by atoms with Crippen molar-refractivity contribution in [2.45, 2.75) is 125 Å². The molecule has 4 nitrogen and oxygen atoms in total. The van der Waals surface area contributed by atoms with Gasteiger partial charge in [-0.2, -0.15) is 0 Å². The predicted octanol–water partition coefficient (Wildman–Crippen LogP) is 8.21. The average molecular weight is 501 g/mol. The zero-order valence-electron chi connectivity index (χ0n) is 24.9. The molecular formula is C27H56O4Si2. The number of carbonyl (C=O) groups excluding carboxylic acids is 1. The van der Waals surface area contributed by atoms with Gasteiger partial charge >= 0.3 is 5.97 Å². The van der Waals surface area contributed by atoms with E-state index in [1.54, 1.807) is 0 Å². The number of ether oxygens (including phenoxy) is 1. The summed E-state index contributed by atoms with van der Waals surface area (Å²) in [4.78, 5) is 12.2. The van der Waals surface area contributed by atoms with E-state index in [9.17, 15) is 4.79 Å². The topological polar surface area (TPSA) is 44.8 Å². The Bertz CT molecular complexity index is 661. The minimum Gasteiger partial charge on any atom is -0.461 e. The van der Waals surface area contributed by atoms with Crippen molar-refractivity contribution in [3.8, 4) is 0 Å². The van der Waals surface area contributed by atoms with Crippen molar-refractivity contribution in [2.24, 2.45) is 17.3 Å². The van der Waals surface area contributed by atoms with E-state index in [2.05, 4.69) is 87.7 Å². The summed E-state index contributed by atoms with van der Waals surface area (Å²) in [5.74, 6) is 0.267. The van der Waals surface area contributed by atoms with Crippen LogP contribution in [0.15, 0.2) is 11.6 Å². The Kier molecular flexibility index (Phi) is 11.4. The number of rotatable bonds is 10. The van der Waals surface area contributed by atoms with E-state index in [0.717, 1.165) is 5.57 Å². The highest BCUT2D eigenvalue weighted by Gasteiger charge is 2.42. The summed E-state index contributed by atoms with van der Waals surface area (Å²) >= 11 is 0. The van der Waals surface area contributed by atoms with Gasteiger partial charge in [0.25, 0.3) is 0 Å². The van der Waals surface area contributed by atoms with Crippen LogP contribution >= 0.6 is 0 Å². The Hall–Kier alpha value is -0.436. The molecule has 0 saturated heterocycles. The van der Waals surface area contributed by atoms with Crippen molar-refractivity contribution in [2.75, 3.05) is 13.2 Å². The molecule has 0 aliphatic carbocycles. The van der Waals surface area contributed by atoms with Crippen LogP contribution in [0.1, 0.15) is 83.1 Å². The number of hydrogen-bond donors (Lipinski definition) is 0. The fourth-order valence-corrected chi connectivity index (χ4v) is 5.49. The van der Waals surface area contributed by atoms with Crippen LogP contribution in [0.4, 0.5) is 0 Å². The molecule has 33 heavy (non-hydrogen) atoms. The summed E-state index contributed by atoms with van der Waals surface area (Å²) in [6.45, 7) is 36.1. The van der Waals surface area contributed by atoms with Crippen LogP contribution in [0.2, 0.25) is 36.3 Å². The quantitative estimate of drug-likeness (QED) is 0.172. The third-order valence-electron chi connectivity index (χ3n) is 7.42. The highest BCUT2D eigenvalue weighted by atomic mass is 28.4. The van der Waals surface area contributed by atoms with Crippen LogP contribution in [0, 0.1) is 17.3 Å². The summed E-state index contributed by atoms with van der Waals surface area (Å²) in [5, 5.41) is 0.313. The van der Waals surface area contributed by atoms with Crippen LogP contribution in [-0.2, 0) is 18.4 Å². The van der Waals surface area contributed by atoms with Crippen LogP contribution in [0.5, 0.6) is 0 Å². The number of carbonyl (C=O) groups is 1. The Morgan fingerprint density at radius 3 is 1.70 bits per heavy atom. The van der Waals surface area contributed by atoms with E-state index in [4.69, 9.17) is 13.6 Å². The maximum absolute atomic E-state index is 12.2. The fraction of sp³-hybridized carbons (Fsp3) is 0.889. The lowest BCUT2D eigenvalue weighted by molar-refractivity contribution is -0.151. The van der Waals surface area contributed by atoms with Gasteiger partial charge in [0.2, 0.25) is 0 Å². The van der Waals surface area contributed by atoms with Crippen molar-refractivity contribution in [3.05, 3.63) is 11.6 Å². The lowest BCUT2D eigenvalue weighted by Crippen LogP contribution is -2.49. The Labute approximate surface area is 208 Å². The maximum Gasteiger partial charge on any atom is 0.311 e. The van der Waals surface area contributed by atoms with Gasteiger partial charge in [-0.25, -0.2) is 0 Å². The first-order valence-electron chi connectivity index (χ1n) is 12.6. The van der Waals surface area contributed by atoms with Gasteiger partial charge in [-0.3, -0.25) is 4.79 Å². The van der Waals surface area contributed by atoms with Gasteiger partial charge in [0, 0.05) is 12.5 Å². The minimum absolute atomic E-state index is 0.0453. The zero-order valence-corrected chi connectivity index (χ0v) is 26.9. The van der Waals surface area contributed by atoms with Crippen molar-refractivity contribution in [3.63, 3.8) is 0 Å². The predicted molar refractivity (Wildman–Crippen MR) is 148 cm³/mol. The standard InChI is InChI=1S/C27H56O4Si2/c1-20(18-29-24(28)25(4,5)6)17-21(2)23(31-33(15,16)27(10,11)12)22(3)19-30-32(13,14)26(7,8)9/h17,21-23H,18-19H2,1-16H3/b20-17-/t21-,22-,23+/m1/s1. The maximum atomic E-state index is 12.2. The first-order chi connectivity index (χ1) is 14.4. The van der Waals surface area contributed by atoms with Crippen LogP contribution in [-0.4, -0.2) is 41.9 Å². The van der Waals surface area contributed by atoms with Gasteiger partial charge in [0.05, 0.1) is 11.5 Å². The second-order valence-electron chi connectivity index (χ2n) is 14.1. The molecule has 0 rings (SSSR count). The van der Waals surface area contributed by atoms with Crippen molar-refractivity contribution in [1.29, 1.82) is 0 Å². The van der Waals surface area contributed by atoms with Gasteiger partial charge in [-0.05, 0) is 75.5 Å². The SMILES string of the molecule is C/C(=C/[C@@H](C)[C@H](O[Si](C)(C)C(C)(C)C)[C@H](C)CO[Si](C)(C)C(C)(C)C)COC(=O)C(C)(C)C. The Morgan fingerprint density at radius 1 is 0.848 bits per heavy atom. The molecule has 0 aliphatic rings. The summed E-state index contributed by atoms with van der Waals surface area (Å²) < 4.78 is 19.1. The minimum atomic E-state index is -1.98. The highest BCUT2D eigenvalue weighted by molar-refractivity contribution is 6.74. The van der Waals surface area contributed by atoms with E-state index < -0.39 is 22.0 Å². The lowest BCUT2D eigenvalue weighted by atomic mass is 9.92. The molecular weight excluding hydrogens is 444 g/mol. The second-order valence-corrected chi connectivity index (χ2v) is 23.7. The summed E-state index contributed by atoms with van der Waals surface area (Å²) in [6, 6.07) is 0. The van der Waals surface area contributed by atoms with Crippen LogP contribution in [0.25, 0.3) is 0 Å². The molecule has 0 heterocycles. The molecule has 0 aromatic heterocycles. The monoisotopic (exact) mass is 500 g/mol. The molecule has 0 saturated carbocycles. The van der Waals surface area contributed by atoms with Crippen molar-refractivity contribution >= 4 is 22.6 Å². The van der Waals surface area contributed by atoms with E-state index in [1.807, 2.05) is 27.7 Å². The van der Waals surface area contributed by atoms with Gasteiger partial charge in [0.15, 0.2) is 16.6 Å². The summed E-state index contributed by atoms with van der Waals surface area (Å²) in [5.41, 5.74) is 0.566. The molecule has 0 bridgehead atoms. The fourth-order valence-electron chi connectivity index (χ4n) is 2.90.